The van der Waals surface area contributed by atoms with Gasteiger partial charge in [-0.1, -0.05) is 11.2 Å². The first-order valence-corrected chi connectivity index (χ1v) is 5.71. The molecule has 4 nitrogen and oxygen atoms in total. The molecule has 0 atom stereocenters. The van der Waals surface area contributed by atoms with E-state index in [1.54, 1.807) is 25.4 Å². The van der Waals surface area contributed by atoms with Gasteiger partial charge in [0.15, 0.2) is 0 Å². The minimum absolute atomic E-state index is 0.267. The van der Waals surface area contributed by atoms with E-state index >= 15 is 0 Å². The normalized spacial score (nSPS) is 11.4. The van der Waals surface area contributed by atoms with Crippen LogP contribution in [-0.4, -0.2) is 15.9 Å². The molecule has 0 fully saturated rings. The zero-order valence-electron chi connectivity index (χ0n) is 10.4. The van der Waals surface area contributed by atoms with Crippen LogP contribution in [0.5, 0.6) is 5.75 Å². The van der Waals surface area contributed by atoms with E-state index in [1.165, 1.54) is 18.2 Å². The molecule has 0 unspecified atom stereocenters. The number of hydrogen-bond acceptors (Lipinski definition) is 4. The number of aromatic nitrogens is 1. The molecule has 0 aliphatic heterocycles. The van der Waals surface area contributed by atoms with Crippen molar-refractivity contribution in [1.29, 1.82) is 0 Å². The van der Waals surface area contributed by atoms with Gasteiger partial charge in [0.05, 0.1) is 5.71 Å². The summed E-state index contributed by atoms with van der Waals surface area (Å²) < 4.78 is 18.8. The molecule has 2 aromatic rings. The van der Waals surface area contributed by atoms with Crippen LogP contribution in [0.15, 0.2) is 47.9 Å². The topological polar surface area (TPSA) is 54.7 Å². The standard InChI is InChI=1S/C14H13FN2O2/c1-10(17-18)13-5-4-12(15)7-14(13)19-9-11-3-2-6-16-8-11/h2-8,18H,9H2,1H3. The monoisotopic (exact) mass is 260 g/mol. The third-order valence-corrected chi connectivity index (χ3v) is 2.60. The van der Waals surface area contributed by atoms with E-state index in [1.807, 2.05) is 6.07 Å². The van der Waals surface area contributed by atoms with Gasteiger partial charge in [0.25, 0.3) is 0 Å². The smallest absolute Gasteiger partial charge is 0.131 e. The maximum Gasteiger partial charge on any atom is 0.131 e. The lowest BCUT2D eigenvalue weighted by atomic mass is 10.1. The van der Waals surface area contributed by atoms with E-state index in [2.05, 4.69) is 10.1 Å². The molecule has 1 aromatic heterocycles. The van der Waals surface area contributed by atoms with Crippen LogP contribution in [-0.2, 0) is 6.61 Å². The quantitative estimate of drug-likeness (QED) is 0.522. The van der Waals surface area contributed by atoms with Gasteiger partial charge in [-0.05, 0) is 25.1 Å². The lowest BCUT2D eigenvalue weighted by molar-refractivity contribution is 0.301. The van der Waals surface area contributed by atoms with Crippen LogP contribution in [0, 0.1) is 5.82 Å². The van der Waals surface area contributed by atoms with E-state index in [9.17, 15) is 4.39 Å². The number of nitrogens with zero attached hydrogens (tertiary/aromatic N) is 2. The fraction of sp³-hybridized carbons (Fsp3) is 0.143. The van der Waals surface area contributed by atoms with Crippen LogP contribution in [0.3, 0.4) is 0 Å². The molecule has 0 aliphatic carbocycles. The summed E-state index contributed by atoms with van der Waals surface area (Å²) >= 11 is 0. The number of pyridine rings is 1. The summed E-state index contributed by atoms with van der Waals surface area (Å²) in [4.78, 5) is 3.97. The van der Waals surface area contributed by atoms with Gasteiger partial charge in [0.1, 0.15) is 18.2 Å². The molecular formula is C14H13FN2O2. The van der Waals surface area contributed by atoms with Crippen molar-refractivity contribution >= 4 is 5.71 Å². The second-order valence-corrected chi connectivity index (χ2v) is 3.98. The van der Waals surface area contributed by atoms with E-state index < -0.39 is 5.82 Å². The number of oxime groups is 1. The lowest BCUT2D eigenvalue weighted by Crippen LogP contribution is -2.03. The molecule has 1 N–H and O–H groups in total. The maximum atomic E-state index is 13.2. The average Bonchev–Trinajstić information content (AvgIpc) is 2.45. The molecule has 5 heteroatoms. The van der Waals surface area contributed by atoms with Crippen molar-refractivity contribution in [3.63, 3.8) is 0 Å². The Morgan fingerprint density at radius 3 is 2.95 bits per heavy atom. The number of ether oxygens (including phenoxy) is 1. The van der Waals surface area contributed by atoms with Gasteiger partial charge in [-0.2, -0.15) is 0 Å². The second kappa shape index (κ2) is 5.95. The predicted octanol–water partition coefficient (Wildman–Crippen LogP) is 3.00. The molecule has 0 aliphatic rings. The highest BCUT2D eigenvalue weighted by Crippen LogP contribution is 2.22. The van der Waals surface area contributed by atoms with E-state index in [0.29, 0.717) is 17.0 Å². The predicted molar refractivity (Wildman–Crippen MR) is 69.0 cm³/mol. The number of halogens is 1. The van der Waals surface area contributed by atoms with Gasteiger partial charge < -0.3 is 9.94 Å². The van der Waals surface area contributed by atoms with E-state index in [4.69, 9.17) is 9.94 Å². The highest BCUT2D eigenvalue weighted by molar-refractivity contribution is 6.00. The van der Waals surface area contributed by atoms with Gasteiger partial charge in [0, 0.05) is 29.6 Å². The Bertz CT molecular complexity index is 585. The second-order valence-electron chi connectivity index (χ2n) is 3.98. The molecule has 1 aromatic carbocycles. The van der Waals surface area contributed by atoms with Gasteiger partial charge in [-0.3, -0.25) is 4.98 Å². The van der Waals surface area contributed by atoms with Crippen molar-refractivity contribution in [2.75, 3.05) is 0 Å². The molecular weight excluding hydrogens is 247 g/mol. The first kappa shape index (κ1) is 13.0. The Morgan fingerprint density at radius 1 is 1.42 bits per heavy atom. The Labute approximate surface area is 110 Å². The zero-order valence-corrected chi connectivity index (χ0v) is 10.4. The molecule has 1 heterocycles. The molecule has 0 spiro atoms. The highest BCUT2D eigenvalue weighted by atomic mass is 19.1. The van der Waals surface area contributed by atoms with E-state index in [-0.39, 0.29) is 6.61 Å². The number of hydrogen-bond donors (Lipinski definition) is 1. The van der Waals surface area contributed by atoms with Gasteiger partial charge >= 0.3 is 0 Å². The molecule has 0 radical (unpaired) electrons. The Morgan fingerprint density at radius 2 is 2.26 bits per heavy atom. The fourth-order valence-corrected chi connectivity index (χ4v) is 1.61. The third kappa shape index (κ3) is 3.28. The molecule has 0 amide bonds. The number of benzene rings is 1. The third-order valence-electron chi connectivity index (χ3n) is 2.60. The van der Waals surface area contributed by atoms with Crippen LogP contribution >= 0.6 is 0 Å². The summed E-state index contributed by atoms with van der Waals surface area (Å²) in [5.74, 6) is -0.0742. The zero-order chi connectivity index (χ0) is 13.7. The van der Waals surface area contributed by atoms with Gasteiger partial charge in [0.2, 0.25) is 0 Å². The van der Waals surface area contributed by atoms with Crippen LogP contribution in [0.4, 0.5) is 4.39 Å². The minimum atomic E-state index is -0.407. The molecule has 98 valence electrons. The number of rotatable bonds is 4. The Hall–Kier alpha value is -2.43. The SMILES string of the molecule is CC(=NO)c1ccc(F)cc1OCc1cccnc1. The molecule has 0 saturated heterocycles. The van der Waals surface area contributed by atoms with E-state index in [0.717, 1.165) is 5.56 Å². The molecule has 2 rings (SSSR count). The highest BCUT2D eigenvalue weighted by Gasteiger charge is 2.09. The van der Waals surface area contributed by atoms with Crippen molar-refractivity contribution in [3.05, 3.63) is 59.7 Å². The molecule has 0 bridgehead atoms. The summed E-state index contributed by atoms with van der Waals surface area (Å²) in [6.45, 7) is 1.88. The van der Waals surface area contributed by atoms with Crippen LogP contribution in [0.1, 0.15) is 18.1 Å². The average molecular weight is 260 g/mol. The van der Waals surface area contributed by atoms with Crippen molar-refractivity contribution in [3.8, 4) is 5.75 Å². The fourth-order valence-electron chi connectivity index (χ4n) is 1.61. The summed E-state index contributed by atoms with van der Waals surface area (Å²) in [6.07, 6.45) is 3.34. The van der Waals surface area contributed by atoms with Gasteiger partial charge in [-0.15, -0.1) is 0 Å². The van der Waals surface area contributed by atoms with Crippen LogP contribution < -0.4 is 4.74 Å². The maximum absolute atomic E-state index is 13.2. The van der Waals surface area contributed by atoms with Crippen LogP contribution in [0.2, 0.25) is 0 Å². The largest absolute Gasteiger partial charge is 0.488 e. The summed E-state index contributed by atoms with van der Waals surface area (Å²) in [7, 11) is 0. The summed E-state index contributed by atoms with van der Waals surface area (Å²) in [6, 6.07) is 7.73. The first-order chi connectivity index (χ1) is 9.20. The van der Waals surface area contributed by atoms with Gasteiger partial charge in [-0.25, -0.2) is 4.39 Å². The lowest BCUT2D eigenvalue weighted by Gasteiger charge is -2.10. The minimum Gasteiger partial charge on any atom is -0.488 e. The Kier molecular flexibility index (Phi) is 4.07. The summed E-state index contributed by atoms with van der Waals surface area (Å²) in [5.41, 5.74) is 1.78. The first-order valence-electron chi connectivity index (χ1n) is 5.71. The van der Waals surface area contributed by atoms with Crippen molar-refractivity contribution < 1.29 is 14.3 Å². The Balaban J connectivity index is 2.21. The molecule has 19 heavy (non-hydrogen) atoms. The summed E-state index contributed by atoms with van der Waals surface area (Å²) in [5, 5.41) is 11.9. The van der Waals surface area contributed by atoms with Crippen molar-refractivity contribution in [2.24, 2.45) is 5.16 Å². The van der Waals surface area contributed by atoms with Crippen molar-refractivity contribution in [1.82, 2.24) is 4.98 Å². The van der Waals surface area contributed by atoms with Crippen molar-refractivity contribution in [2.45, 2.75) is 13.5 Å². The van der Waals surface area contributed by atoms with Crippen LogP contribution in [0.25, 0.3) is 0 Å². The molecule has 0 saturated carbocycles.